The predicted octanol–water partition coefficient (Wildman–Crippen LogP) is 11.0. The van der Waals surface area contributed by atoms with E-state index < -0.39 is 47.9 Å². The standard InChI is InChI=1S/C68H78N2O11/c1-3-39-30-51(40-11-8-13-45(71)28-40)41(31-56(39)73)27-42-29-48(79-47-14-4-5-15-47)34-53-61(75)55(37-78-62(42)53)60-58(16-10-25-76-2)80-63-49-20-18-46(72)33-52(49)59-35-54(63)64(60)81-65-50-19-17-43(32-57(50)74)68(65)44(12-9-26-77-59)36-69-67(70-68)24-23-66(38-67)21-6-7-22-66/h8,11,13,17-20,28-31,33-35,43-44,47,50,55,57-58,60-61,64-65,69-75H,3-7,10,14-16,21-27,32,36-38H2,1-2H3. The lowest BCUT2D eigenvalue weighted by Gasteiger charge is -2.64. The van der Waals surface area contributed by atoms with Crippen LogP contribution in [-0.4, -0.2) is 94.6 Å². The van der Waals surface area contributed by atoms with Crippen molar-refractivity contribution in [3.63, 3.8) is 0 Å². The summed E-state index contributed by atoms with van der Waals surface area (Å²) in [6.45, 7) is 3.42. The number of rotatable bonds is 11. The maximum atomic E-state index is 13.6. The molecule has 5 aromatic rings. The lowest BCUT2D eigenvalue weighted by Crippen LogP contribution is -2.82. The summed E-state index contributed by atoms with van der Waals surface area (Å²) in [5.74, 6) is 8.31. The molecule has 12 unspecified atom stereocenters. The van der Waals surface area contributed by atoms with Crippen LogP contribution in [0.15, 0.2) is 84.9 Å². The molecule has 5 fully saturated rings. The molecule has 6 aliphatic carbocycles. The number of benzene rings is 5. The van der Waals surface area contributed by atoms with Gasteiger partial charge in [-0.25, -0.2) is 0 Å². The van der Waals surface area contributed by atoms with Gasteiger partial charge in [0.2, 0.25) is 0 Å². The molecule has 81 heavy (non-hydrogen) atoms. The molecule has 4 heterocycles. The summed E-state index contributed by atoms with van der Waals surface area (Å²) >= 11 is 0. The molecular weight excluding hydrogens is 1020 g/mol. The highest BCUT2D eigenvalue weighted by Crippen LogP contribution is 2.61. The number of phenolic OH excluding ortho intramolecular Hbond substituents is 3. The topological polar surface area (TPSA) is 181 Å². The molecule has 426 valence electrons. The Balaban J connectivity index is 0.923. The van der Waals surface area contributed by atoms with Crippen molar-refractivity contribution >= 4 is 10.8 Å². The number of methoxy groups -OCH3 is 1. The van der Waals surface area contributed by atoms with Crippen LogP contribution in [0.5, 0.6) is 40.2 Å². The van der Waals surface area contributed by atoms with Gasteiger partial charge in [-0.3, -0.25) is 10.6 Å². The summed E-state index contributed by atoms with van der Waals surface area (Å²) < 4.78 is 42.2. The van der Waals surface area contributed by atoms with Gasteiger partial charge in [0, 0.05) is 77.8 Å². The predicted molar refractivity (Wildman–Crippen MR) is 308 cm³/mol. The average molecular weight is 1100 g/mol. The minimum absolute atomic E-state index is 0.0296. The minimum Gasteiger partial charge on any atom is -0.508 e. The number of fused-ring (bicyclic) bond motifs is 6. The van der Waals surface area contributed by atoms with Crippen LogP contribution in [0.4, 0.5) is 0 Å². The van der Waals surface area contributed by atoms with E-state index in [0.29, 0.717) is 84.6 Å². The van der Waals surface area contributed by atoms with Gasteiger partial charge in [-0.1, -0.05) is 55.9 Å². The largest absolute Gasteiger partial charge is 0.508 e. The number of aryl methyl sites for hydroxylation is 1. The molecule has 1 saturated heterocycles. The lowest BCUT2D eigenvalue weighted by molar-refractivity contribution is -0.209. The van der Waals surface area contributed by atoms with Crippen LogP contribution in [0.3, 0.4) is 0 Å². The molecule has 0 amide bonds. The summed E-state index contributed by atoms with van der Waals surface area (Å²) in [5.41, 5.74) is 4.82. The van der Waals surface area contributed by atoms with Crippen molar-refractivity contribution < 1.29 is 54.0 Å². The molecule has 10 aliphatic rings. The first-order valence-electron chi connectivity index (χ1n) is 30.4. The van der Waals surface area contributed by atoms with Gasteiger partial charge in [-0.05, 0) is 172 Å². The molecule has 12 atom stereocenters. The second kappa shape index (κ2) is 21.0. The normalized spacial score (nSPS) is 32.4. The minimum atomic E-state index is -1.08. The molecule has 13 nitrogen and oxygen atoms in total. The number of ether oxygens (including phenoxy) is 6. The Bertz CT molecular complexity index is 3320. The molecular formula is C68H78N2O11. The Labute approximate surface area is 475 Å². The van der Waals surface area contributed by atoms with Crippen molar-refractivity contribution in [3.05, 3.63) is 113 Å². The second-order valence-electron chi connectivity index (χ2n) is 25.5. The highest BCUT2D eigenvalue weighted by molar-refractivity contribution is 5.96. The van der Waals surface area contributed by atoms with Gasteiger partial charge in [0.15, 0.2) is 0 Å². The fraction of sp³-hybridized carbons (Fsp3) is 0.529. The van der Waals surface area contributed by atoms with Crippen LogP contribution in [0.1, 0.15) is 137 Å². The Morgan fingerprint density at radius 2 is 1.67 bits per heavy atom. The van der Waals surface area contributed by atoms with Crippen molar-refractivity contribution in [1.82, 2.24) is 10.6 Å². The second-order valence-corrected chi connectivity index (χ2v) is 25.5. The first kappa shape index (κ1) is 53.1. The summed E-state index contributed by atoms with van der Waals surface area (Å²) in [5, 5.41) is 69.1. The quantitative estimate of drug-likeness (QED) is 0.0378. The molecule has 7 N–H and O–H groups in total. The number of aromatic hydroxyl groups is 3. The van der Waals surface area contributed by atoms with E-state index in [2.05, 4.69) is 34.6 Å². The van der Waals surface area contributed by atoms with Gasteiger partial charge >= 0.3 is 0 Å². The zero-order valence-electron chi connectivity index (χ0n) is 46.8. The molecule has 5 aromatic carbocycles. The number of hydrogen-bond acceptors (Lipinski definition) is 13. The summed E-state index contributed by atoms with van der Waals surface area (Å²) in [7, 11) is 1.71. The van der Waals surface area contributed by atoms with E-state index in [0.717, 1.165) is 83.7 Å². The maximum absolute atomic E-state index is 13.6. The highest BCUT2D eigenvalue weighted by Gasteiger charge is 2.67. The molecule has 15 rings (SSSR count). The van der Waals surface area contributed by atoms with Gasteiger partial charge < -0.3 is 54.0 Å². The number of phenols is 3. The Morgan fingerprint density at radius 1 is 0.815 bits per heavy atom. The van der Waals surface area contributed by atoms with Crippen molar-refractivity contribution in [3.8, 4) is 63.2 Å². The maximum Gasteiger partial charge on any atom is 0.149 e. The number of nitrogens with one attached hydrogen (secondary N) is 2. The molecule has 4 saturated carbocycles. The molecule has 3 spiro atoms. The van der Waals surface area contributed by atoms with Gasteiger partial charge in [0.1, 0.15) is 53.0 Å². The average Bonchev–Trinajstić information content (AvgIpc) is 4.36. The van der Waals surface area contributed by atoms with Gasteiger partial charge in [0.25, 0.3) is 0 Å². The van der Waals surface area contributed by atoms with Crippen LogP contribution in [0.25, 0.3) is 21.9 Å². The van der Waals surface area contributed by atoms with E-state index in [4.69, 9.17) is 28.4 Å². The van der Waals surface area contributed by atoms with Gasteiger partial charge in [-0.15, -0.1) is 0 Å². The van der Waals surface area contributed by atoms with Crippen molar-refractivity contribution in [1.29, 1.82) is 0 Å². The van der Waals surface area contributed by atoms with E-state index in [-0.39, 0.29) is 60.0 Å². The lowest BCUT2D eigenvalue weighted by atomic mass is 9.55. The molecule has 0 radical (unpaired) electrons. The molecule has 4 aliphatic heterocycles. The van der Waals surface area contributed by atoms with E-state index in [9.17, 15) is 25.5 Å². The fourth-order valence-corrected chi connectivity index (χ4v) is 17.0. The Morgan fingerprint density at radius 3 is 2.48 bits per heavy atom. The summed E-state index contributed by atoms with van der Waals surface area (Å²) in [6, 6.07) is 22.4. The zero-order chi connectivity index (χ0) is 55.2. The third-order valence-corrected chi connectivity index (χ3v) is 20.8. The monoisotopic (exact) mass is 1100 g/mol. The summed E-state index contributed by atoms with van der Waals surface area (Å²) in [6.07, 6.45) is 16.1. The van der Waals surface area contributed by atoms with Crippen LogP contribution in [-0.2, 0) is 22.3 Å². The number of hydrogen-bond donors (Lipinski definition) is 7. The smallest absolute Gasteiger partial charge is 0.149 e. The zero-order valence-corrected chi connectivity index (χ0v) is 46.8. The molecule has 13 heteroatoms. The van der Waals surface area contributed by atoms with Crippen LogP contribution < -0.4 is 29.6 Å². The van der Waals surface area contributed by atoms with E-state index >= 15 is 0 Å². The third-order valence-electron chi connectivity index (χ3n) is 20.8. The van der Waals surface area contributed by atoms with E-state index in [1.165, 1.54) is 25.7 Å². The first-order chi connectivity index (χ1) is 39.4. The van der Waals surface area contributed by atoms with Crippen molar-refractivity contribution in [2.75, 3.05) is 33.5 Å². The van der Waals surface area contributed by atoms with E-state index in [1.54, 1.807) is 31.4 Å². The first-order valence-corrected chi connectivity index (χ1v) is 30.4. The van der Waals surface area contributed by atoms with Gasteiger partial charge in [0.05, 0.1) is 54.2 Å². The van der Waals surface area contributed by atoms with Crippen molar-refractivity contribution in [2.45, 2.75) is 157 Å². The van der Waals surface area contributed by atoms with Gasteiger partial charge in [-0.2, -0.15) is 0 Å². The Hall–Kier alpha value is -5.98. The highest BCUT2D eigenvalue weighted by atomic mass is 16.5. The van der Waals surface area contributed by atoms with Crippen LogP contribution in [0.2, 0.25) is 0 Å². The van der Waals surface area contributed by atoms with Crippen molar-refractivity contribution in [2.24, 2.45) is 35.0 Å². The SMILES string of the molecule is CCc1cc(-c2cccc(O)c2)c(Cc2cc(OC3CCCC3)cc3c2OCC(C2C(CCCOC)Oc4c5cc(c6cc(O)ccc46)OCC#CC4CNC6(CCC7(CCCC7)C6)NC46C4C=CC(C(O)C4)C6OC52)C3O)cc1O. The third kappa shape index (κ3) is 9.22. The Kier molecular flexibility index (Phi) is 13.8. The number of aliphatic hydroxyl groups is 2. The molecule has 0 aromatic heterocycles. The van der Waals surface area contributed by atoms with E-state index in [1.807, 2.05) is 55.5 Å². The molecule has 4 bridgehead atoms. The van der Waals surface area contributed by atoms with Crippen LogP contribution in [0, 0.1) is 46.8 Å². The summed E-state index contributed by atoms with van der Waals surface area (Å²) in [4.78, 5) is 0. The number of aliphatic hydroxyl groups excluding tert-OH is 2. The fourth-order valence-electron chi connectivity index (χ4n) is 17.0. The van der Waals surface area contributed by atoms with Crippen LogP contribution >= 0.6 is 0 Å².